The van der Waals surface area contributed by atoms with Crippen LogP contribution < -0.4 is 0 Å². The van der Waals surface area contributed by atoms with Crippen LogP contribution in [0.15, 0.2) is 36.5 Å². The first kappa shape index (κ1) is 17.9. The fourth-order valence-electron chi connectivity index (χ4n) is 4.24. The Morgan fingerprint density at radius 1 is 1.20 bits per heavy atom. The molecule has 0 unspecified atom stereocenters. The van der Waals surface area contributed by atoms with Crippen LogP contribution in [-0.4, -0.2) is 46.6 Å². The van der Waals surface area contributed by atoms with Crippen molar-refractivity contribution < 1.29 is 29.3 Å². The maximum absolute atomic E-state index is 12.1. The summed E-state index contributed by atoms with van der Waals surface area (Å²) in [6, 6.07) is 0. The van der Waals surface area contributed by atoms with E-state index in [1.165, 1.54) is 0 Å². The van der Waals surface area contributed by atoms with Gasteiger partial charge in [0, 0.05) is 17.4 Å². The molecule has 6 heteroatoms. The first-order valence-corrected chi connectivity index (χ1v) is 8.47. The molecule has 25 heavy (non-hydrogen) atoms. The molecule has 0 bridgehead atoms. The number of carbonyl (C=O) groups is 2. The summed E-state index contributed by atoms with van der Waals surface area (Å²) >= 11 is 0. The van der Waals surface area contributed by atoms with Gasteiger partial charge in [0.05, 0.1) is 17.9 Å². The molecule has 1 heterocycles. The van der Waals surface area contributed by atoms with E-state index in [0.29, 0.717) is 11.1 Å². The van der Waals surface area contributed by atoms with Gasteiger partial charge in [0.15, 0.2) is 0 Å². The molecule has 0 aromatic heterocycles. The maximum Gasteiger partial charge on any atom is 0.334 e. The van der Waals surface area contributed by atoms with Crippen LogP contribution in [0.4, 0.5) is 0 Å². The molecule has 2 saturated carbocycles. The van der Waals surface area contributed by atoms with Crippen molar-refractivity contribution in [1.29, 1.82) is 0 Å². The molecule has 7 atom stereocenters. The van der Waals surface area contributed by atoms with Gasteiger partial charge in [-0.15, -0.1) is 0 Å². The van der Waals surface area contributed by atoms with E-state index in [1.54, 1.807) is 13.8 Å². The number of carbonyl (C=O) groups excluding carboxylic acids is 2. The van der Waals surface area contributed by atoms with Gasteiger partial charge in [0.1, 0.15) is 18.3 Å². The quantitative estimate of drug-likeness (QED) is 0.442. The fraction of sp³-hybridized carbons (Fsp3) is 0.579. The second kappa shape index (κ2) is 6.11. The summed E-state index contributed by atoms with van der Waals surface area (Å²) in [7, 11) is 0. The second-order valence-corrected chi connectivity index (χ2v) is 7.48. The zero-order valence-electron chi connectivity index (χ0n) is 14.5. The molecular formula is C19H24O6. The van der Waals surface area contributed by atoms with Crippen LogP contribution in [0.2, 0.25) is 0 Å². The summed E-state index contributed by atoms with van der Waals surface area (Å²) in [5, 5.41) is 21.1. The molecule has 3 rings (SSSR count). The molecule has 0 aromatic rings. The van der Waals surface area contributed by atoms with Gasteiger partial charge in [-0.25, -0.2) is 4.79 Å². The van der Waals surface area contributed by atoms with Crippen LogP contribution in [0.1, 0.15) is 20.3 Å². The van der Waals surface area contributed by atoms with Crippen molar-refractivity contribution in [2.24, 2.45) is 23.7 Å². The summed E-state index contributed by atoms with van der Waals surface area (Å²) in [5.74, 6) is -2.85. The molecule has 2 N–H and O–H groups in total. The summed E-state index contributed by atoms with van der Waals surface area (Å²) < 4.78 is 11.0. The Morgan fingerprint density at radius 3 is 2.44 bits per heavy atom. The number of hydrogen-bond donors (Lipinski definition) is 2. The van der Waals surface area contributed by atoms with E-state index >= 15 is 0 Å². The Labute approximate surface area is 146 Å². The van der Waals surface area contributed by atoms with Crippen molar-refractivity contribution in [2.45, 2.75) is 44.7 Å². The van der Waals surface area contributed by atoms with Crippen LogP contribution in [0.3, 0.4) is 0 Å². The molecule has 3 aliphatic rings. The molecule has 1 saturated heterocycles. The van der Waals surface area contributed by atoms with E-state index in [2.05, 4.69) is 19.7 Å². The van der Waals surface area contributed by atoms with Gasteiger partial charge in [-0.3, -0.25) is 4.79 Å². The number of aliphatic hydroxyl groups excluding tert-OH is 2. The molecule has 2 aliphatic carbocycles. The standard InChI is InChI=1S/C19H24O6/c1-7(2)18(22)25-17-12-8(3)6-11(20)13-10(5)19(23)24-16(13)14(12)9(4)15(17)21/h7,11-17,20-21H,3-6H2,1-2H3/t11-,12-,13+,14-,15+,16-,17+/m0/s1. The van der Waals surface area contributed by atoms with Crippen molar-refractivity contribution in [2.75, 3.05) is 0 Å². The molecule has 6 nitrogen and oxygen atoms in total. The Bertz CT molecular complexity index is 663. The molecule has 0 amide bonds. The second-order valence-electron chi connectivity index (χ2n) is 7.48. The van der Waals surface area contributed by atoms with Gasteiger partial charge in [0.2, 0.25) is 0 Å². The normalized spacial score (nSPS) is 40.6. The summed E-state index contributed by atoms with van der Waals surface area (Å²) in [5.41, 5.74) is 1.30. The van der Waals surface area contributed by atoms with Crippen molar-refractivity contribution in [3.8, 4) is 0 Å². The Morgan fingerprint density at radius 2 is 1.84 bits per heavy atom. The van der Waals surface area contributed by atoms with E-state index in [1.807, 2.05) is 0 Å². The highest BCUT2D eigenvalue weighted by molar-refractivity contribution is 5.91. The molecule has 0 aromatic carbocycles. The highest BCUT2D eigenvalue weighted by atomic mass is 16.6. The lowest BCUT2D eigenvalue weighted by Crippen LogP contribution is -2.36. The molecule has 136 valence electrons. The zero-order valence-corrected chi connectivity index (χ0v) is 14.5. The molecule has 3 fully saturated rings. The maximum atomic E-state index is 12.1. The summed E-state index contributed by atoms with van der Waals surface area (Å²) in [6.07, 6.45) is -3.26. The average molecular weight is 348 g/mol. The number of rotatable bonds is 2. The minimum absolute atomic E-state index is 0.216. The average Bonchev–Trinajstić information content (AvgIpc) is 2.91. The molecule has 0 spiro atoms. The van der Waals surface area contributed by atoms with E-state index in [4.69, 9.17) is 9.47 Å². The van der Waals surface area contributed by atoms with Crippen molar-refractivity contribution in [1.82, 2.24) is 0 Å². The minimum atomic E-state index is -1.07. The lowest BCUT2D eigenvalue weighted by atomic mass is 9.81. The summed E-state index contributed by atoms with van der Waals surface area (Å²) in [6.45, 7) is 15.1. The number of hydrogen-bond acceptors (Lipinski definition) is 6. The smallest absolute Gasteiger partial charge is 0.334 e. The van der Waals surface area contributed by atoms with Gasteiger partial charge in [-0.2, -0.15) is 0 Å². The van der Waals surface area contributed by atoms with Crippen molar-refractivity contribution in [3.63, 3.8) is 0 Å². The monoisotopic (exact) mass is 348 g/mol. The Hall–Kier alpha value is -1.92. The lowest BCUT2D eigenvalue weighted by Gasteiger charge is -2.28. The fourth-order valence-corrected chi connectivity index (χ4v) is 4.24. The zero-order chi connectivity index (χ0) is 18.6. The van der Waals surface area contributed by atoms with E-state index < -0.39 is 54.1 Å². The van der Waals surface area contributed by atoms with Crippen LogP contribution in [0.5, 0.6) is 0 Å². The van der Waals surface area contributed by atoms with Crippen LogP contribution in [-0.2, 0) is 19.1 Å². The molecule has 0 radical (unpaired) electrons. The highest BCUT2D eigenvalue weighted by Gasteiger charge is 2.59. The van der Waals surface area contributed by atoms with Gasteiger partial charge in [-0.1, -0.05) is 39.2 Å². The number of fused-ring (bicyclic) bond motifs is 3. The Kier molecular flexibility index (Phi) is 4.37. The predicted octanol–water partition coefficient (Wildman–Crippen LogP) is 1.14. The SMILES string of the molecule is C=C1C[C@H](O)[C@H]2C(=C)C(=O)O[C@@H]2[C@H]2C(=C)[C@@H](O)[C@H](OC(=O)C(C)C)[C@@H]12. The van der Waals surface area contributed by atoms with E-state index in [-0.39, 0.29) is 17.9 Å². The third-order valence-corrected chi connectivity index (χ3v) is 5.56. The van der Waals surface area contributed by atoms with Crippen molar-refractivity contribution in [3.05, 3.63) is 36.5 Å². The third-order valence-electron chi connectivity index (χ3n) is 5.56. The van der Waals surface area contributed by atoms with Crippen molar-refractivity contribution >= 4 is 11.9 Å². The van der Waals surface area contributed by atoms with Gasteiger partial charge in [-0.05, 0) is 12.0 Å². The molecule has 1 aliphatic heterocycles. The van der Waals surface area contributed by atoms with Crippen LogP contribution in [0, 0.1) is 23.7 Å². The van der Waals surface area contributed by atoms with Gasteiger partial charge < -0.3 is 19.7 Å². The van der Waals surface area contributed by atoms with Gasteiger partial charge >= 0.3 is 11.9 Å². The topological polar surface area (TPSA) is 93.1 Å². The molecular weight excluding hydrogens is 324 g/mol. The first-order valence-electron chi connectivity index (χ1n) is 8.47. The van der Waals surface area contributed by atoms with Crippen LogP contribution in [0.25, 0.3) is 0 Å². The third kappa shape index (κ3) is 2.64. The summed E-state index contributed by atoms with van der Waals surface area (Å²) in [4.78, 5) is 24.0. The van der Waals surface area contributed by atoms with Crippen LogP contribution >= 0.6 is 0 Å². The van der Waals surface area contributed by atoms with E-state index in [9.17, 15) is 19.8 Å². The number of aliphatic hydroxyl groups is 2. The highest BCUT2D eigenvalue weighted by Crippen LogP contribution is 2.53. The van der Waals surface area contributed by atoms with E-state index in [0.717, 1.165) is 0 Å². The lowest BCUT2D eigenvalue weighted by molar-refractivity contribution is -0.159. The minimum Gasteiger partial charge on any atom is -0.458 e. The largest absolute Gasteiger partial charge is 0.458 e. The van der Waals surface area contributed by atoms with Gasteiger partial charge in [0.25, 0.3) is 0 Å². The first-order chi connectivity index (χ1) is 11.6. The Balaban J connectivity index is 2.00. The predicted molar refractivity (Wildman–Crippen MR) is 89.1 cm³/mol. The number of esters is 2. The number of ether oxygens (including phenoxy) is 2.